The number of phenols is 1. The number of amides is 1. The molecule has 2 saturated heterocycles. The average molecular weight is 955 g/mol. The summed E-state index contributed by atoms with van der Waals surface area (Å²) in [7, 11) is 9.54. The number of carbonyl (C=O) groups excluding carboxylic acids is 2. The molecular weight excluding hydrogens is 878 g/mol. The summed E-state index contributed by atoms with van der Waals surface area (Å²) in [6, 6.07) is 16.9. The van der Waals surface area contributed by atoms with Crippen LogP contribution in [0.25, 0.3) is 10.9 Å². The van der Waals surface area contributed by atoms with Crippen LogP contribution in [0.2, 0.25) is 0 Å². The van der Waals surface area contributed by atoms with Crippen molar-refractivity contribution >= 4 is 40.4 Å². The molecule has 0 radical (unpaired) electrons. The first-order chi connectivity index (χ1) is 32.1. The van der Waals surface area contributed by atoms with Crippen LogP contribution in [0.3, 0.4) is 0 Å². The number of alkyl halides is 3. The van der Waals surface area contributed by atoms with Crippen molar-refractivity contribution in [1.29, 1.82) is 0 Å². The minimum absolute atomic E-state index is 0. The zero-order chi connectivity index (χ0) is 49.5. The fourth-order valence-corrected chi connectivity index (χ4v) is 8.20. The number of rotatable bonds is 17. The van der Waals surface area contributed by atoms with E-state index in [2.05, 4.69) is 53.5 Å². The van der Waals surface area contributed by atoms with Crippen LogP contribution in [0.4, 0.5) is 24.5 Å². The third-order valence-electron chi connectivity index (χ3n) is 11.9. The van der Waals surface area contributed by atoms with E-state index in [0.717, 1.165) is 44.6 Å². The first-order valence-electron chi connectivity index (χ1n) is 23.4. The highest BCUT2D eigenvalue weighted by molar-refractivity contribution is 5.93. The van der Waals surface area contributed by atoms with E-state index in [1.54, 1.807) is 47.5 Å². The average Bonchev–Trinajstić information content (AvgIpc) is 3.31. The molecule has 68 heavy (non-hydrogen) atoms. The van der Waals surface area contributed by atoms with E-state index < -0.39 is 23.6 Å². The maximum absolute atomic E-state index is 14.0. The number of aliphatic carboxylic acids is 1. The highest BCUT2D eigenvalue weighted by Gasteiger charge is 2.36. The number of piperidine rings is 2. The predicted molar refractivity (Wildman–Crippen MR) is 267 cm³/mol. The zero-order valence-corrected chi connectivity index (χ0v) is 40.6. The number of aromatic nitrogens is 1. The molecular formula is C52H77F3N6O7. The van der Waals surface area contributed by atoms with Crippen LogP contribution in [0.1, 0.15) is 110 Å². The molecule has 2 fully saturated rings. The number of anilines is 2. The molecule has 4 aromatic rings. The molecule has 3 aromatic carbocycles. The third kappa shape index (κ3) is 18.9. The van der Waals surface area contributed by atoms with Gasteiger partial charge in [0.15, 0.2) is 11.5 Å². The summed E-state index contributed by atoms with van der Waals surface area (Å²) in [6.45, 7) is 8.34. The highest BCUT2D eigenvalue weighted by Crippen LogP contribution is 2.40. The van der Waals surface area contributed by atoms with E-state index in [-0.39, 0.29) is 36.7 Å². The Morgan fingerprint density at radius 2 is 1.71 bits per heavy atom. The molecule has 13 nitrogen and oxygen atoms in total. The second-order valence-electron chi connectivity index (χ2n) is 16.8. The Bertz CT molecular complexity index is 2130. The second kappa shape index (κ2) is 30.1. The molecule has 1 aromatic heterocycles. The Labute approximate surface area is 402 Å². The maximum atomic E-state index is 14.0. The minimum Gasteiger partial charge on any atom is -0.504 e. The lowest BCUT2D eigenvalue weighted by Crippen LogP contribution is -2.41. The molecule has 4 N–H and O–H groups in total. The SMILES string of the molecule is C.CC.CCCC(CCC=O)N(C)C.CN1CCCCC1CCC(=O)O.CNC1CCN(c2ccc(NC(=O)Cc3cccc(Oc4ccnc5cc(OC)c(O)cc45)c3)cc2C(F)(F)F)CC1. The monoisotopic (exact) mass is 955 g/mol. The summed E-state index contributed by atoms with van der Waals surface area (Å²) in [6.07, 6.45) is 8.35. The molecule has 6 rings (SSSR count). The number of nitrogens with one attached hydrogen (secondary N) is 2. The van der Waals surface area contributed by atoms with E-state index >= 15 is 0 Å². The fraction of sp³-hybridized carbons (Fsp3) is 0.538. The molecule has 3 heterocycles. The molecule has 0 saturated carbocycles. The minimum atomic E-state index is -4.57. The molecule has 2 unspecified atom stereocenters. The number of fused-ring (bicyclic) bond motifs is 1. The van der Waals surface area contributed by atoms with Gasteiger partial charge in [0.2, 0.25) is 5.91 Å². The Morgan fingerprint density at radius 3 is 2.31 bits per heavy atom. The van der Waals surface area contributed by atoms with Gasteiger partial charge in [-0.25, -0.2) is 0 Å². The number of hydrogen-bond donors (Lipinski definition) is 4. The number of likely N-dealkylation sites (tertiary alicyclic amines) is 1. The topological polar surface area (TPSA) is 157 Å². The molecule has 16 heteroatoms. The second-order valence-corrected chi connectivity index (χ2v) is 16.8. The van der Waals surface area contributed by atoms with Crippen LogP contribution in [0, 0.1) is 0 Å². The largest absolute Gasteiger partial charge is 0.504 e. The maximum Gasteiger partial charge on any atom is 0.418 e. The summed E-state index contributed by atoms with van der Waals surface area (Å²) in [5.41, 5.74) is 0.589. The van der Waals surface area contributed by atoms with E-state index in [9.17, 15) is 32.7 Å². The smallest absolute Gasteiger partial charge is 0.418 e. The van der Waals surface area contributed by atoms with Crippen molar-refractivity contribution in [3.63, 3.8) is 0 Å². The summed E-state index contributed by atoms with van der Waals surface area (Å²) in [5.74, 6) is -0.0359. The molecule has 0 aliphatic carbocycles. The lowest BCUT2D eigenvalue weighted by molar-refractivity contribution is -0.138. The quantitative estimate of drug-likeness (QED) is 0.0744. The third-order valence-corrected chi connectivity index (χ3v) is 11.9. The van der Waals surface area contributed by atoms with Gasteiger partial charge in [0.25, 0.3) is 0 Å². The van der Waals surface area contributed by atoms with Crippen LogP contribution in [-0.2, 0) is 27.0 Å². The summed E-state index contributed by atoms with van der Waals surface area (Å²) >= 11 is 0. The molecule has 2 aliphatic rings. The van der Waals surface area contributed by atoms with Gasteiger partial charge < -0.3 is 49.8 Å². The number of carboxylic acid groups (broad SMARTS) is 1. The van der Waals surface area contributed by atoms with Gasteiger partial charge in [0.05, 0.1) is 24.6 Å². The van der Waals surface area contributed by atoms with Gasteiger partial charge in [0.1, 0.15) is 17.8 Å². The number of carboxylic acids is 1. The predicted octanol–water partition coefficient (Wildman–Crippen LogP) is 10.8. The van der Waals surface area contributed by atoms with Crippen LogP contribution in [-0.4, -0.2) is 116 Å². The lowest BCUT2D eigenvalue weighted by atomic mass is 9.99. The summed E-state index contributed by atoms with van der Waals surface area (Å²) < 4.78 is 53.2. The molecule has 2 aliphatic heterocycles. The van der Waals surface area contributed by atoms with Crippen molar-refractivity contribution in [3.05, 3.63) is 78.0 Å². The Kier molecular flexibility index (Phi) is 26.0. The van der Waals surface area contributed by atoms with Crippen molar-refractivity contribution in [2.24, 2.45) is 0 Å². The van der Waals surface area contributed by atoms with Gasteiger partial charge in [-0.2, -0.15) is 13.2 Å². The van der Waals surface area contributed by atoms with E-state index in [4.69, 9.17) is 14.6 Å². The van der Waals surface area contributed by atoms with Crippen LogP contribution in [0.5, 0.6) is 23.0 Å². The van der Waals surface area contributed by atoms with Gasteiger partial charge in [-0.3, -0.25) is 14.6 Å². The van der Waals surface area contributed by atoms with Gasteiger partial charge in [-0.05, 0) is 128 Å². The van der Waals surface area contributed by atoms with Crippen LogP contribution in [0.15, 0.2) is 66.9 Å². The van der Waals surface area contributed by atoms with E-state index in [0.29, 0.717) is 72.0 Å². The van der Waals surface area contributed by atoms with Gasteiger partial charge in [0, 0.05) is 73.1 Å². The standard InChI is InChI=1S/C31H31F3N4O4.C9H17NO2.C9H19NO.C2H6.CH4/c1-35-20-9-12-38(13-10-20)26-7-6-21(16-24(26)31(32,33)34)37-30(40)15-19-4-3-5-22(14-19)42-28-8-11-36-25-18-29(41-2)27(39)17-23(25)28;1-10-7-3-2-4-8(10)5-6-9(11)12;1-4-6-9(10(2)3)7-5-8-11;1-2;/h3-8,11,14,16-18,20,35,39H,9-10,12-13,15H2,1-2H3,(H,37,40);8H,2-7H2,1H3,(H,11,12);8-9H,4-7H2,1-3H3;1-2H3;1H4. The van der Waals surface area contributed by atoms with Gasteiger partial charge in [-0.1, -0.05) is 53.2 Å². The number of nitrogens with zero attached hydrogens (tertiary/aromatic N) is 4. The normalized spacial score (nSPS) is 15.5. The fourth-order valence-electron chi connectivity index (χ4n) is 8.20. The first kappa shape index (κ1) is 58.7. The Hall–Kier alpha value is -5.45. The number of ether oxygens (including phenoxy) is 2. The van der Waals surface area contributed by atoms with E-state index in [1.807, 2.05) is 20.9 Å². The van der Waals surface area contributed by atoms with Crippen molar-refractivity contribution in [3.8, 4) is 23.0 Å². The molecule has 378 valence electrons. The number of methoxy groups -OCH3 is 1. The van der Waals surface area contributed by atoms with Crippen molar-refractivity contribution in [1.82, 2.24) is 20.1 Å². The molecule has 2 atom stereocenters. The number of halogens is 3. The van der Waals surface area contributed by atoms with Gasteiger partial charge >= 0.3 is 12.1 Å². The Balaban J connectivity index is 0.000000500. The van der Waals surface area contributed by atoms with Gasteiger partial charge in [-0.15, -0.1) is 0 Å². The van der Waals surface area contributed by atoms with Crippen molar-refractivity contribution < 1.29 is 47.2 Å². The molecule has 0 spiro atoms. The lowest BCUT2D eigenvalue weighted by Gasteiger charge is -2.35. The molecule has 0 bridgehead atoms. The Morgan fingerprint density at radius 1 is 0.985 bits per heavy atom. The van der Waals surface area contributed by atoms with E-state index in [1.165, 1.54) is 57.4 Å². The number of hydrogen-bond acceptors (Lipinski definition) is 11. The van der Waals surface area contributed by atoms with Crippen LogP contribution >= 0.6 is 0 Å². The molecule has 1 amide bonds. The van der Waals surface area contributed by atoms with Crippen molar-refractivity contribution in [2.45, 2.75) is 130 Å². The number of phenolic OH excluding ortho intramolecular Hbond substituents is 1. The number of aldehydes is 1. The number of pyridine rings is 1. The summed E-state index contributed by atoms with van der Waals surface area (Å²) in [4.78, 5) is 43.8. The van der Waals surface area contributed by atoms with Crippen molar-refractivity contribution in [2.75, 3.05) is 65.2 Å². The number of carbonyl (C=O) groups is 3. The number of benzene rings is 3. The summed E-state index contributed by atoms with van der Waals surface area (Å²) in [5, 5.41) is 25.1. The first-order valence-corrected chi connectivity index (χ1v) is 23.4. The van der Waals surface area contributed by atoms with Crippen LogP contribution < -0.4 is 25.0 Å². The highest BCUT2D eigenvalue weighted by atomic mass is 19.4. The number of aromatic hydroxyl groups is 1. The zero-order valence-electron chi connectivity index (χ0n) is 40.6.